The molecule has 9 heteroatoms. The maximum Gasteiger partial charge on any atom is 0.352 e. The molecule has 0 saturated carbocycles. The summed E-state index contributed by atoms with van der Waals surface area (Å²) in [4.78, 5) is 17.8. The lowest BCUT2D eigenvalue weighted by Gasteiger charge is -2.23. The number of imidazole rings is 1. The van der Waals surface area contributed by atoms with Crippen LogP contribution in [0.15, 0.2) is 54.9 Å². The van der Waals surface area contributed by atoms with Crippen molar-refractivity contribution in [1.29, 1.82) is 0 Å². The molecule has 0 amide bonds. The van der Waals surface area contributed by atoms with Gasteiger partial charge in [-0.1, -0.05) is 29.8 Å². The van der Waals surface area contributed by atoms with E-state index in [2.05, 4.69) is 10.3 Å². The van der Waals surface area contributed by atoms with E-state index in [1.165, 1.54) is 11.3 Å². The maximum absolute atomic E-state index is 12.8. The summed E-state index contributed by atoms with van der Waals surface area (Å²) in [5, 5.41) is 4.76. The minimum Gasteiger partial charge on any atom is -0.490 e. The Kier molecular flexibility index (Phi) is 7.46. The molecule has 7 nitrogen and oxygen atoms in total. The highest BCUT2D eigenvalue weighted by atomic mass is 35.5. The van der Waals surface area contributed by atoms with Crippen LogP contribution in [0, 0.1) is 0 Å². The van der Waals surface area contributed by atoms with Crippen molar-refractivity contribution in [2.24, 2.45) is 0 Å². The van der Waals surface area contributed by atoms with Crippen LogP contribution in [0.1, 0.15) is 48.0 Å². The Morgan fingerprint density at radius 2 is 2.03 bits per heavy atom. The molecule has 1 saturated heterocycles. The van der Waals surface area contributed by atoms with Crippen molar-refractivity contribution in [3.05, 3.63) is 70.3 Å². The molecule has 0 aliphatic carbocycles. The molecule has 2 aromatic heterocycles. The summed E-state index contributed by atoms with van der Waals surface area (Å²) in [6, 6.07) is 15.3. The fraction of sp³-hybridized carbons (Fsp3) is 0.333. The average Bonchev–Trinajstić information content (AvgIpc) is 3.49. The van der Waals surface area contributed by atoms with Gasteiger partial charge in [-0.05, 0) is 58.0 Å². The first-order valence-electron chi connectivity index (χ1n) is 12.1. The third kappa shape index (κ3) is 5.21. The van der Waals surface area contributed by atoms with Crippen LogP contribution >= 0.6 is 22.9 Å². The minimum atomic E-state index is -0.422. The molecule has 188 valence electrons. The molecule has 5 rings (SSSR count). The van der Waals surface area contributed by atoms with Gasteiger partial charge in [-0.25, -0.2) is 9.78 Å². The number of benzene rings is 2. The van der Waals surface area contributed by atoms with E-state index in [9.17, 15) is 4.79 Å². The molecule has 1 atom stereocenters. The Morgan fingerprint density at radius 3 is 2.81 bits per heavy atom. The normalized spacial score (nSPS) is 15.1. The SMILES string of the molecule is CCOC(=O)c1sc(-n2cnc3ccc(OC4CCNCC4)cc32)cc1OC(C)c1ccccc1Cl. The summed E-state index contributed by atoms with van der Waals surface area (Å²) in [5.41, 5.74) is 2.57. The van der Waals surface area contributed by atoms with E-state index in [0.29, 0.717) is 15.6 Å². The second-order valence-electron chi connectivity index (χ2n) is 8.61. The number of piperidine rings is 1. The zero-order valence-corrected chi connectivity index (χ0v) is 21.8. The quantitative estimate of drug-likeness (QED) is 0.276. The minimum absolute atomic E-state index is 0.198. The van der Waals surface area contributed by atoms with Crippen LogP contribution in [-0.2, 0) is 4.74 Å². The Balaban J connectivity index is 1.48. The molecule has 1 aliphatic rings. The smallest absolute Gasteiger partial charge is 0.352 e. The Hall–Kier alpha value is -3.07. The van der Waals surface area contributed by atoms with Crippen molar-refractivity contribution in [2.45, 2.75) is 38.9 Å². The van der Waals surface area contributed by atoms with Crippen LogP contribution in [0.2, 0.25) is 5.02 Å². The highest BCUT2D eigenvalue weighted by molar-refractivity contribution is 7.16. The third-order valence-corrected chi connectivity index (χ3v) is 7.58. The molecule has 2 aromatic carbocycles. The Morgan fingerprint density at radius 1 is 1.22 bits per heavy atom. The van der Waals surface area contributed by atoms with E-state index in [1.54, 1.807) is 13.3 Å². The van der Waals surface area contributed by atoms with Crippen molar-refractivity contribution < 1.29 is 19.0 Å². The second-order valence-corrected chi connectivity index (χ2v) is 10.1. The molecular weight excluding hydrogens is 498 g/mol. The number of halogens is 1. The van der Waals surface area contributed by atoms with Crippen LogP contribution in [-0.4, -0.2) is 41.3 Å². The molecule has 1 aliphatic heterocycles. The van der Waals surface area contributed by atoms with E-state index in [-0.39, 0.29) is 18.8 Å². The number of hydrogen-bond donors (Lipinski definition) is 1. The van der Waals surface area contributed by atoms with Crippen molar-refractivity contribution in [1.82, 2.24) is 14.9 Å². The first-order chi connectivity index (χ1) is 17.5. The molecule has 36 heavy (non-hydrogen) atoms. The first-order valence-corrected chi connectivity index (χ1v) is 13.3. The zero-order chi connectivity index (χ0) is 25.1. The van der Waals surface area contributed by atoms with Gasteiger partial charge < -0.3 is 19.5 Å². The fourth-order valence-electron chi connectivity index (χ4n) is 4.31. The monoisotopic (exact) mass is 525 g/mol. The molecule has 3 heterocycles. The van der Waals surface area contributed by atoms with Gasteiger partial charge in [0.2, 0.25) is 0 Å². The van der Waals surface area contributed by atoms with Gasteiger partial charge in [0, 0.05) is 22.7 Å². The summed E-state index contributed by atoms with van der Waals surface area (Å²) in [5.74, 6) is 0.835. The first kappa shape index (κ1) is 24.6. The van der Waals surface area contributed by atoms with Crippen molar-refractivity contribution in [3.8, 4) is 16.5 Å². The summed E-state index contributed by atoms with van der Waals surface area (Å²) in [7, 11) is 0. The van der Waals surface area contributed by atoms with E-state index < -0.39 is 5.97 Å². The summed E-state index contributed by atoms with van der Waals surface area (Å²) < 4.78 is 19.8. The number of carbonyl (C=O) groups excluding carboxylic acids is 1. The summed E-state index contributed by atoms with van der Waals surface area (Å²) in [6.45, 7) is 5.90. The van der Waals surface area contributed by atoms with E-state index >= 15 is 0 Å². The highest BCUT2D eigenvalue weighted by Gasteiger charge is 2.23. The van der Waals surface area contributed by atoms with Crippen LogP contribution < -0.4 is 14.8 Å². The molecule has 4 aromatic rings. The van der Waals surface area contributed by atoms with Crippen molar-refractivity contribution >= 4 is 39.9 Å². The molecular formula is C27H28ClN3O4S. The second kappa shape index (κ2) is 10.9. The lowest BCUT2D eigenvalue weighted by atomic mass is 10.1. The van der Waals surface area contributed by atoms with E-state index in [4.69, 9.17) is 25.8 Å². The highest BCUT2D eigenvalue weighted by Crippen LogP contribution is 2.38. The summed E-state index contributed by atoms with van der Waals surface area (Å²) in [6.07, 6.45) is 3.55. The van der Waals surface area contributed by atoms with Crippen LogP contribution in [0.25, 0.3) is 16.0 Å². The number of nitrogens with one attached hydrogen (secondary N) is 1. The number of carbonyl (C=O) groups is 1. The van der Waals surface area contributed by atoms with Gasteiger partial charge in [-0.2, -0.15) is 0 Å². The van der Waals surface area contributed by atoms with Gasteiger partial charge in [0.25, 0.3) is 0 Å². The number of fused-ring (bicyclic) bond motifs is 1. The van der Waals surface area contributed by atoms with Gasteiger partial charge in [0.05, 0.1) is 17.6 Å². The number of thiophene rings is 1. The lowest BCUT2D eigenvalue weighted by molar-refractivity contribution is 0.0526. The topological polar surface area (TPSA) is 74.6 Å². The lowest BCUT2D eigenvalue weighted by Crippen LogP contribution is -2.34. The standard InChI is InChI=1S/C27H28ClN3O4S/c1-3-33-27(32)26-24(34-17(2)20-6-4-5-7-21(20)28)15-25(36-26)31-16-30-22-9-8-19(14-23(22)31)35-18-10-12-29-13-11-18/h4-9,14-18,29H,3,10-13H2,1-2H3. The largest absolute Gasteiger partial charge is 0.490 e. The van der Waals surface area contributed by atoms with Crippen molar-refractivity contribution in [2.75, 3.05) is 19.7 Å². The Bertz CT molecular complexity index is 1360. The Labute approximate surface area is 219 Å². The third-order valence-electron chi connectivity index (χ3n) is 6.14. The molecule has 0 spiro atoms. The average molecular weight is 526 g/mol. The number of ether oxygens (including phenoxy) is 3. The number of hydrogen-bond acceptors (Lipinski definition) is 7. The number of rotatable bonds is 8. The fourth-order valence-corrected chi connectivity index (χ4v) is 5.57. The van der Waals surface area contributed by atoms with Gasteiger partial charge >= 0.3 is 5.97 Å². The van der Waals surface area contributed by atoms with Crippen LogP contribution in [0.3, 0.4) is 0 Å². The van der Waals surface area contributed by atoms with Crippen LogP contribution in [0.4, 0.5) is 0 Å². The molecule has 1 unspecified atom stereocenters. The zero-order valence-electron chi connectivity index (χ0n) is 20.2. The van der Waals surface area contributed by atoms with Crippen molar-refractivity contribution in [3.63, 3.8) is 0 Å². The van der Waals surface area contributed by atoms with Gasteiger partial charge in [0.1, 0.15) is 35.0 Å². The van der Waals surface area contributed by atoms with E-state index in [0.717, 1.165) is 53.3 Å². The molecule has 0 bridgehead atoms. The predicted molar refractivity (Wildman–Crippen MR) is 142 cm³/mol. The number of esters is 1. The molecule has 1 fully saturated rings. The summed E-state index contributed by atoms with van der Waals surface area (Å²) >= 11 is 7.68. The maximum atomic E-state index is 12.8. The number of nitrogens with zero attached hydrogens (tertiary/aromatic N) is 2. The van der Waals surface area contributed by atoms with Gasteiger partial charge in [-0.3, -0.25) is 4.57 Å². The van der Waals surface area contributed by atoms with E-state index in [1.807, 2.05) is 60.0 Å². The molecule has 0 radical (unpaired) electrons. The molecule has 1 N–H and O–H groups in total. The van der Waals surface area contributed by atoms with Gasteiger partial charge in [-0.15, -0.1) is 11.3 Å². The van der Waals surface area contributed by atoms with Gasteiger partial charge in [0.15, 0.2) is 4.88 Å². The predicted octanol–water partition coefficient (Wildman–Crippen LogP) is 6.19. The number of aromatic nitrogens is 2. The van der Waals surface area contributed by atoms with Crippen LogP contribution in [0.5, 0.6) is 11.5 Å².